The number of carbonyl (C=O) groups excluding carboxylic acids is 2. The summed E-state index contributed by atoms with van der Waals surface area (Å²) in [5, 5.41) is 6.32. The standard InChI is InChI=1S/C25H26N8O3.2C4H10/c1-14-19(36-3)8-9-20(28-14)30-23-21-22(27-13-26-21)31-25(32-23)33-11-10-18(12-33)29-24(35)17-6-4-16(5-7-17)15(2)34;2*1-3-4-2/h4-9,13,18H,10-12H2,1-3H3,(H,29,35)(H2,26,27,28,30,31,32);2*3-4H2,1-2H3. The fraction of sp³-hybridized carbons (Fsp3) is 0.455. The van der Waals surface area contributed by atoms with Crippen molar-refractivity contribution in [2.24, 2.45) is 0 Å². The van der Waals surface area contributed by atoms with Crippen LogP contribution < -0.4 is 20.3 Å². The highest BCUT2D eigenvalue weighted by Crippen LogP contribution is 2.27. The van der Waals surface area contributed by atoms with Gasteiger partial charge in [0.25, 0.3) is 5.91 Å². The Bertz CT molecular complexity index is 1490. The van der Waals surface area contributed by atoms with Crippen LogP contribution in [-0.4, -0.2) is 62.9 Å². The van der Waals surface area contributed by atoms with Crippen LogP contribution >= 0.6 is 0 Å². The number of imidazole rings is 1. The van der Waals surface area contributed by atoms with E-state index in [1.807, 2.05) is 24.0 Å². The number of fused-ring (bicyclic) bond motifs is 1. The number of methoxy groups -OCH3 is 1. The van der Waals surface area contributed by atoms with Crippen LogP contribution in [0.4, 0.5) is 17.6 Å². The number of amides is 1. The molecule has 44 heavy (non-hydrogen) atoms. The van der Waals surface area contributed by atoms with Crippen LogP contribution in [0.3, 0.4) is 0 Å². The van der Waals surface area contributed by atoms with Gasteiger partial charge in [0.1, 0.15) is 17.1 Å². The normalized spacial score (nSPS) is 13.8. The van der Waals surface area contributed by atoms with Crippen LogP contribution in [0.1, 0.15) is 93.1 Å². The minimum Gasteiger partial charge on any atom is -0.495 e. The largest absolute Gasteiger partial charge is 0.495 e. The number of nitrogens with zero attached hydrogens (tertiary/aromatic N) is 5. The summed E-state index contributed by atoms with van der Waals surface area (Å²) in [5.74, 6) is 2.19. The minimum atomic E-state index is -0.177. The third-order valence-electron chi connectivity index (χ3n) is 7.14. The molecule has 4 heterocycles. The number of benzene rings is 1. The van der Waals surface area contributed by atoms with Crippen molar-refractivity contribution in [1.82, 2.24) is 30.2 Å². The van der Waals surface area contributed by atoms with Gasteiger partial charge in [-0.2, -0.15) is 9.97 Å². The summed E-state index contributed by atoms with van der Waals surface area (Å²) in [6.45, 7) is 13.3. The van der Waals surface area contributed by atoms with Crippen molar-refractivity contribution in [1.29, 1.82) is 0 Å². The highest BCUT2D eigenvalue weighted by molar-refractivity contribution is 5.97. The number of carbonyl (C=O) groups is 2. The molecule has 11 heteroatoms. The molecule has 0 spiro atoms. The van der Waals surface area contributed by atoms with Gasteiger partial charge < -0.3 is 25.3 Å². The second kappa shape index (κ2) is 16.9. The number of aromatic nitrogens is 5. The lowest BCUT2D eigenvalue weighted by molar-refractivity contribution is 0.0938. The number of aromatic amines is 1. The second-order valence-electron chi connectivity index (χ2n) is 10.6. The first-order chi connectivity index (χ1) is 21.2. The van der Waals surface area contributed by atoms with Gasteiger partial charge in [-0.25, -0.2) is 9.97 Å². The topological polar surface area (TPSA) is 138 Å². The lowest BCUT2D eigenvalue weighted by Crippen LogP contribution is -2.37. The van der Waals surface area contributed by atoms with Crippen LogP contribution in [0.5, 0.6) is 5.75 Å². The summed E-state index contributed by atoms with van der Waals surface area (Å²) in [7, 11) is 1.61. The number of H-pyrrole nitrogens is 1. The van der Waals surface area contributed by atoms with Crippen molar-refractivity contribution in [2.45, 2.75) is 79.7 Å². The molecule has 5 rings (SSSR count). The zero-order valence-corrected chi connectivity index (χ0v) is 27.0. The van der Waals surface area contributed by atoms with E-state index in [9.17, 15) is 9.59 Å². The number of hydrogen-bond donors (Lipinski definition) is 3. The average Bonchev–Trinajstić information content (AvgIpc) is 3.71. The molecule has 0 saturated carbocycles. The number of aryl methyl sites for hydroxylation is 1. The average molecular weight is 603 g/mol. The first kappa shape index (κ1) is 34.0. The van der Waals surface area contributed by atoms with E-state index in [-0.39, 0.29) is 17.7 Å². The highest BCUT2D eigenvalue weighted by Gasteiger charge is 2.27. The molecule has 1 aromatic carbocycles. The van der Waals surface area contributed by atoms with E-state index in [1.165, 1.54) is 32.6 Å². The van der Waals surface area contributed by atoms with Crippen LogP contribution in [0.2, 0.25) is 0 Å². The van der Waals surface area contributed by atoms with E-state index in [0.717, 1.165) is 12.1 Å². The number of ether oxygens (including phenoxy) is 1. The van der Waals surface area contributed by atoms with E-state index < -0.39 is 0 Å². The Hall–Kier alpha value is -4.54. The summed E-state index contributed by atoms with van der Waals surface area (Å²) in [6.07, 6.45) is 7.60. The molecule has 3 N–H and O–H groups in total. The minimum absolute atomic E-state index is 0.0333. The molecule has 1 aliphatic heterocycles. The van der Waals surface area contributed by atoms with E-state index in [0.29, 0.717) is 58.7 Å². The Kier molecular flexibility index (Phi) is 13.1. The van der Waals surface area contributed by atoms with Gasteiger partial charge in [0.05, 0.1) is 19.1 Å². The van der Waals surface area contributed by atoms with Crippen molar-refractivity contribution in [3.8, 4) is 5.75 Å². The maximum absolute atomic E-state index is 12.7. The Morgan fingerprint density at radius 2 is 1.61 bits per heavy atom. The van der Waals surface area contributed by atoms with E-state index >= 15 is 0 Å². The van der Waals surface area contributed by atoms with Gasteiger partial charge in [0.2, 0.25) is 5.95 Å². The lowest BCUT2D eigenvalue weighted by Gasteiger charge is -2.18. The maximum Gasteiger partial charge on any atom is 0.251 e. The quantitative estimate of drug-likeness (QED) is 0.180. The molecular weight excluding hydrogens is 556 g/mol. The van der Waals surface area contributed by atoms with Crippen LogP contribution in [0.15, 0.2) is 42.7 Å². The van der Waals surface area contributed by atoms with Crippen LogP contribution in [0, 0.1) is 6.92 Å². The van der Waals surface area contributed by atoms with Gasteiger partial charge >= 0.3 is 0 Å². The third-order valence-corrected chi connectivity index (χ3v) is 7.14. The Morgan fingerprint density at radius 3 is 2.20 bits per heavy atom. The summed E-state index contributed by atoms with van der Waals surface area (Å²) in [4.78, 5) is 47.5. The van der Waals surface area contributed by atoms with E-state index in [2.05, 4.69) is 58.3 Å². The number of hydrogen-bond acceptors (Lipinski definition) is 9. The Labute approximate surface area is 260 Å². The smallest absolute Gasteiger partial charge is 0.251 e. The molecule has 0 bridgehead atoms. The van der Waals surface area contributed by atoms with Gasteiger partial charge in [-0.3, -0.25) is 9.59 Å². The number of ketones is 1. The van der Waals surface area contributed by atoms with Crippen LogP contribution in [-0.2, 0) is 0 Å². The van der Waals surface area contributed by atoms with Gasteiger partial charge in [-0.05, 0) is 44.5 Å². The predicted octanol–water partition coefficient (Wildman–Crippen LogP) is 6.63. The summed E-state index contributed by atoms with van der Waals surface area (Å²) >= 11 is 0. The highest BCUT2D eigenvalue weighted by atomic mass is 16.5. The van der Waals surface area contributed by atoms with Crippen molar-refractivity contribution < 1.29 is 14.3 Å². The van der Waals surface area contributed by atoms with Gasteiger partial charge in [-0.15, -0.1) is 0 Å². The molecule has 1 unspecified atom stereocenters. The monoisotopic (exact) mass is 602 g/mol. The van der Waals surface area contributed by atoms with Crippen molar-refractivity contribution in [3.63, 3.8) is 0 Å². The molecule has 4 aromatic rings. The Balaban J connectivity index is 0.000000592. The number of rotatable bonds is 9. The fourth-order valence-corrected chi connectivity index (χ4v) is 4.19. The first-order valence-corrected chi connectivity index (χ1v) is 15.4. The van der Waals surface area contributed by atoms with Crippen molar-refractivity contribution in [2.75, 3.05) is 30.4 Å². The first-order valence-electron chi connectivity index (χ1n) is 15.4. The van der Waals surface area contributed by atoms with Crippen molar-refractivity contribution in [3.05, 3.63) is 59.5 Å². The fourth-order valence-electron chi connectivity index (χ4n) is 4.19. The molecule has 1 amide bonds. The molecule has 1 atom stereocenters. The van der Waals surface area contributed by atoms with Gasteiger partial charge in [-0.1, -0.05) is 65.5 Å². The maximum atomic E-state index is 12.7. The molecule has 1 saturated heterocycles. The van der Waals surface area contributed by atoms with E-state index in [4.69, 9.17) is 9.72 Å². The van der Waals surface area contributed by atoms with Crippen molar-refractivity contribution >= 4 is 40.4 Å². The third kappa shape index (κ3) is 9.23. The number of pyridine rings is 1. The summed E-state index contributed by atoms with van der Waals surface area (Å²) in [5.41, 5.74) is 3.06. The summed E-state index contributed by atoms with van der Waals surface area (Å²) in [6, 6.07) is 10.3. The van der Waals surface area contributed by atoms with Gasteiger partial charge in [0.15, 0.2) is 17.2 Å². The second-order valence-corrected chi connectivity index (χ2v) is 10.6. The molecule has 0 aliphatic carbocycles. The summed E-state index contributed by atoms with van der Waals surface area (Å²) < 4.78 is 5.29. The molecule has 236 valence electrons. The molecule has 0 radical (unpaired) electrons. The van der Waals surface area contributed by atoms with E-state index in [1.54, 1.807) is 37.7 Å². The van der Waals surface area contributed by atoms with Crippen LogP contribution in [0.25, 0.3) is 11.2 Å². The number of unbranched alkanes of at least 4 members (excludes halogenated alkanes) is 2. The molecular formula is C33H46N8O3. The lowest BCUT2D eigenvalue weighted by atomic mass is 10.1. The predicted molar refractivity (Wildman–Crippen MR) is 176 cm³/mol. The Morgan fingerprint density at radius 1 is 0.955 bits per heavy atom. The number of Topliss-reactive ketones (excluding diaryl/α,β-unsaturated/α-hetero) is 1. The van der Waals surface area contributed by atoms with Gasteiger partial charge in [0, 0.05) is 30.3 Å². The SMILES string of the molecule is CCCC.CCCC.COc1ccc(Nc2nc(N3CCC(NC(=O)c4ccc(C(C)=O)cc4)C3)nc3nc[nH]c23)nc1C. The molecule has 11 nitrogen and oxygen atoms in total. The zero-order chi connectivity index (χ0) is 32.1. The molecule has 1 aliphatic rings. The number of nitrogens with one attached hydrogen (secondary N) is 3. The molecule has 1 fully saturated rings. The molecule has 3 aromatic heterocycles. The number of anilines is 3. The zero-order valence-electron chi connectivity index (χ0n) is 27.0.